The molecular weight excluding hydrogens is 308 g/mol. The number of piperazine rings is 1. The maximum atomic E-state index is 12.3. The van der Waals surface area contributed by atoms with Gasteiger partial charge in [-0.15, -0.1) is 0 Å². The summed E-state index contributed by atoms with van der Waals surface area (Å²) in [6.45, 7) is 7.01. The van der Waals surface area contributed by atoms with Gasteiger partial charge in [-0.05, 0) is 31.5 Å². The van der Waals surface area contributed by atoms with Crippen LogP contribution in [0.2, 0.25) is 0 Å². The highest BCUT2D eigenvalue weighted by molar-refractivity contribution is 9.10. The van der Waals surface area contributed by atoms with Crippen LogP contribution in [0.4, 0.5) is 0 Å². The van der Waals surface area contributed by atoms with Gasteiger partial charge in [0.15, 0.2) is 6.10 Å². The Morgan fingerprint density at radius 2 is 2.11 bits per heavy atom. The minimum atomic E-state index is -0.453. The van der Waals surface area contributed by atoms with E-state index in [-0.39, 0.29) is 5.91 Å². The van der Waals surface area contributed by atoms with Crippen LogP contribution in [0.3, 0.4) is 0 Å². The van der Waals surface area contributed by atoms with Crippen LogP contribution < -0.4 is 10.1 Å². The van der Waals surface area contributed by atoms with E-state index >= 15 is 0 Å². The Kier molecular flexibility index (Phi) is 4.82. The fourth-order valence-corrected chi connectivity index (χ4v) is 2.42. The minimum absolute atomic E-state index is 0.0564. The SMILES string of the molecule is Cc1ccc(Br)cc1OC(C)C(=O)N1CCNCC1. The smallest absolute Gasteiger partial charge is 0.263 e. The summed E-state index contributed by atoms with van der Waals surface area (Å²) >= 11 is 3.42. The Morgan fingerprint density at radius 1 is 1.42 bits per heavy atom. The van der Waals surface area contributed by atoms with Gasteiger partial charge >= 0.3 is 0 Å². The lowest BCUT2D eigenvalue weighted by Gasteiger charge is -2.30. The summed E-state index contributed by atoms with van der Waals surface area (Å²) in [6, 6.07) is 5.84. The lowest BCUT2D eigenvalue weighted by Crippen LogP contribution is -2.50. The molecule has 1 heterocycles. The topological polar surface area (TPSA) is 41.6 Å². The molecule has 1 unspecified atom stereocenters. The van der Waals surface area contributed by atoms with Crippen molar-refractivity contribution >= 4 is 21.8 Å². The van der Waals surface area contributed by atoms with E-state index in [0.717, 1.165) is 42.0 Å². The van der Waals surface area contributed by atoms with Crippen LogP contribution >= 0.6 is 15.9 Å². The molecule has 1 aliphatic heterocycles. The van der Waals surface area contributed by atoms with Gasteiger partial charge in [-0.1, -0.05) is 22.0 Å². The molecule has 19 heavy (non-hydrogen) atoms. The molecule has 1 amide bonds. The molecule has 104 valence electrons. The summed E-state index contributed by atoms with van der Waals surface area (Å²) in [7, 11) is 0. The highest BCUT2D eigenvalue weighted by atomic mass is 79.9. The van der Waals surface area contributed by atoms with E-state index in [0.29, 0.717) is 0 Å². The summed E-state index contributed by atoms with van der Waals surface area (Å²) in [5.41, 5.74) is 1.03. The van der Waals surface area contributed by atoms with Gasteiger partial charge in [0, 0.05) is 30.7 Å². The lowest BCUT2D eigenvalue weighted by atomic mass is 10.2. The molecule has 1 atom stereocenters. The first-order valence-corrected chi connectivity index (χ1v) is 7.29. The zero-order valence-electron chi connectivity index (χ0n) is 11.3. The number of rotatable bonds is 3. The van der Waals surface area contributed by atoms with Gasteiger partial charge in [-0.3, -0.25) is 4.79 Å². The molecule has 5 heteroatoms. The third-order valence-corrected chi connectivity index (χ3v) is 3.72. The number of benzene rings is 1. The second kappa shape index (κ2) is 6.39. The largest absolute Gasteiger partial charge is 0.481 e. The molecule has 1 N–H and O–H groups in total. The maximum Gasteiger partial charge on any atom is 0.263 e. The normalized spacial score (nSPS) is 17.1. The molecule has 0 bridgehead atoms. The van der Waals surface area contributed by atoms with Crippen LogP contribution in [0.1, 0.15) is 12.5 Å². The van der Waals surface area contributed by atoms with Crippen molar-refractivity contribution in [2.75, 3.05) is 26.2 Å². The molecule has 1 fully saturated rings. The Balaban J connectivity index is 2.01. The van der Waals surface area contributed by atoms with Gasteiger partial charge in [-0.2, -0.15) is 0 Å². The van der Waals surface area contributed by atoms with Crippen molar-refractivity contribution in [2.24, 2.45) is 0 Å². The van der Waals surface area contributed by atoms with Gasteiger partial charge in [-0.25, -0.2) is 0 Å². The zero-order valence-corrected chi connectivity index (χ0v) is 12.9. The van der Waals surface area contributed by atoms with Crippen LogP contribution in [0.25, 0.3) is 0 Å². The molecule has 1 aromatic rings. The summed E-state index contributed by atoms with van der Waals surface area (Å²) in [5, 5.41) is 3.23. The molecule has 0 aliphatic carbocycles. The fourth-order valence-electron chi connectivity index (χ4n) is 2.08. The number of carbonyl (C=O) groups excluding carboxylic acids is 1. The first-order valence-electron chi connectivity index (χ1n) is 6.50. The molecule has 0 radical (unpaired) electrons. The third-order valence-electron chi connectivity index (χ3n) is 3.23. The summed E-state index contributed by atoms with van der Waals surface area (Å²) < 4.78 is 6.75. The lowest BCUT2D eigenvalue weighted by molar-refractivity contribution is -0.138. The molecular formula is C14H19BrN2O2. The molecule has 0 spiro atoms. The number of hydrogen-bond acceptors (Lipinski definition) is 3. The van der Waals surface area contributed by atoms with Gasteiger partial charge in [0.1, 0.15) is 5.75 Å². The first-order chi connectivity index (χ1) is 9.08. The van der Waals surface area contributed by atoms with Gasteiger partial charge in [0.2, 0.25) is 0 Å². The van der Waals surface area contributed by atoms with Crippen molar-refractivity contribution in [1.82, 2.24) is 10.2 Å². The average molecular weight is 327 g/mol. The number of halogens is 1. The summed E-state index contributed by atoms with van der Waals surface area (Å²) in [4.78, 5) is 14.1. The molecule has 1 aromatic carbocycles. The number of hydrogen-bond donors (Lipinski definition) is 1. The van der Waals surface area contributed by atoms with Crippen LogP contribution in [-0.2, 0) is 4.79 Å². The van der Waals surface area contributed by atoms with Gasteiger partial charge in [0.25, 0.3) is 5.91 Å². The van der Waals surface area contributed by atoms with E-state index in [4.69, 9.17) is 4.74 Å². The maximum absolute atomic E-state index is 12.3. The number of carbonyl (C=O) groups is 1. The van der Waals surface area contributed by atoms with Gasteiger partial charge in [0.05, 0.1) is 0 Å². The predicted molar refractivity (Wildman–Crippen MR) is 78.4 cm³/mol. The van der Waals surface area contributed by atoms with Crippen LogP contribution in [0, 0.1) is 6.92 Å². The average Bonchev–Trinajstić information content (AvgIpc) is 2.43. The standard InChI is InChI=1S/C14H19BrN2O2/c1-10-3-4-12(15)9-13(10)19-11(2)14(18)17-7-5-16-6-8-17/h3-4,9,11,16H,5-8H2,1-2H3. The van der Waals surface area contributed by atoms with Crippen molar-refractivity contribution in [3.63, 3.8) is 0 Å². The van der Waals surface area contributed by atoms with Crippen LogP contribution in [0.5, 0.6) is 5.75 Å². The highest BCUT2D eigenvalue weighted by Gasteiger charge is 2.23. The van der Waals surface area contributed by atoms with E-state index in [1.54, 1.807) is 0 Å². The Hall–Kier alpha value is -1.07. The van der Waals surface area contributed by atoms with Crippen molar-refractivity contribution in [2.45, 2.75) is 20.0 Å². The van der Waals surface area contributed by atoms with Crippen molar-refractivity contribution < 1.29 is 9.53 Å². The fraction of sp³-hybridized carbons (Fsp3) is 0.500. The quantitative estimate of drug-likeness (QED) is 0.923. The van der Waals surface area contributed by atoms with E-state index in [1.807, 2.05) is 36.9 Å². The molecule has 0 aromatic heterocycles. The van der Waals surface area contributed by atoms with E-state index in [9.17, 15) is 4.79 Å². The predicted octanol–water partition coefficient (Wildman–Crippen LogP) is 1.96. The molecule has 1 aliphatic rings. The van der Waals surface area contributed by atoms with Crippen LogP contribution in [-0.4, -0.2) is 43.1 Å². The molecule has 1 saturated heterocycles. The Labute approximate surface area is 122 Å². The molecule has 4 nitrogen and oxygen atoms in total. The van der Waals surface area contributed by atoms with E-state index in [2.05, 4.69) is 21.2 Å². The highest BCUT2D eigenvalue weighted by Crippen LogP contribution is 2.24. The van der Waals surface area contributed by atoms with E-state index < -0.39 is 6.10 Å². The van der Waals surface area contributed by atoms with Crippen LogP contribution in [0.15, 0.2) is 22.7 Å². The van der Waals surface area contributed by atoms with Crippen molar-refractivity contribution in [3.8, 4) is 5.75 Å². The monoisotopic (exact) mass is 326 g/mol. The molecule has 2 rings (SSSR count). The number of nitrogens with one attached hydrogen (secondary N) is 1. The van der Waals surface area contributed by atoms with Gasteiger partial charge < -0.3 is 15.0 Å². The van der Waals surface area contributed by atoms with Crippen molar-refractivity contribution in [3.05, 3.63) is 28.2 Å². The van der Waals surface area contributed by atoms with E-state index in [1.165, 1.54) is 0 Å². The summed E-state index contributed by atoms with van der Waals surface area (Å²) in [6.07, 6.45) is -0.453. The third kappa shape index (κ3) is 3.70. The number of ether oxygens (including phenoxy) is 1. The second-order valence-corrected chi connectivity index (χ2v) is 5.66. The summed E-state index contributed by atoms with van der Waals surface area (Å²) in [5.74, 6) is 0.811. The second-order valence-electron chi connectivity index (χ2n) is 4.75. The number of aryl methyl sites for hydroxylation is 1. The van der Waals surface area contributed by atoms with Crippen molar-refractivity contribution in [1.29, 1.82) is 0 Å². The molecule has 0 saturated carbocycles. The number of nitrogens with zero attached hydrogens (tertiary/aromatic N) is 1. The minimum Gasteiger partial charge on any atom is -0.481 e. The zero-order chi connectivity index (χ0) is 13.8. The Morgan fingerprint density at radius 3 is 2.79 bits per heavy atom. The Bertz CT molecular complexity index is 459. The first kappa shape index (κ1) is 14.3. The number of amides is 1.